The summed E-state index contributed by atoms with van der Waals surface area (Å²) >= 11 is 0. The zero-order valence-corrected chi connectivity index (χ0v) is 16.8. The van der Waals surface area contributed by atoms with Crippen LogP contribution in [0.15, 0.2) is 48.5 Å². The molecule has 144 valence electrons. The van der Waals surface area contributed by atoms with Crippen LogP contribution in [0.2, 0.25) is 0 Å². The highest BCUT2D eigenvalue weighted by Crippen LogP contribution is 2.29. The van der Waals surface area contributed by atoms with Gasteiger partial charge in [0.15, 0.2) is 0 Å². The summed E-state index contributed by atoms with van der Waals surface area (Å²) in [5.41, 5.74) is 8.50. The summed E-state index contributed by atoms with van der Waals surface area (Å²) < 4.78 is 0. The molecular weight excluding hydrogens is 348 g/mol. The maximum absolute atomic E-state index is 11.7. The molecule has 0 fully saturated rings. The number of benzene rings is 3. The molecule has 0 saturated heterocycles. The van der Waals surface area contributed by atoms with Gasteiger partial charge in [-0.2, -0.15) is 0 Å². The van der Waals surface area contributed by atoms with Gasteiger partial charge < -0.3 is 10.2 Å². The van der Waals surface area contributed by atoms with Crippen molar-refractivity contribution in [2.24, 2.45) is 0 Å². The largest absolute Gasteiger partial charge is 0.507 e. The van der Waals surface area contributed by atoms with Crippen LogP contribution in [0.25, 0.3) is 0 Å². The van der Waals surface area contributed by atoms with Crippen LogP contribution < -0.4 is 0 Å². The predicted octanol–water partition coefficient (Wildman–Crippen LogP) is 5.51. The van der Waals surface area contributed by atoms with Crippen LogP contribution in [0.5, 0.6) is 5.75 Å². The Morgan fingerprint density at radius 2 is 1.25 bits per heavy atom. The van der Waals surface area contributed by atoms with E-state index in [9.17, 15) is 15.0 Å². The van der Waals surface area contributed by atoms with Gasteiger partial charge in [-0.1, -0.05) is 42.5 Å². The standard InChI is InChI=1S/C25H26O3/c1-15-5-7-19(9-17(15)3)11-21-13-22(24(26)23(14-21)25(27)28)12-20-8-6-16(2)18(4)10-20/h5-10,13-14,26H,11-12H2,1-4H3,(H,27,28). The number of hydrogen-bond acceptors (Lipinski definition) is 2. The van der Waals surface area contributed by atoms with Gasteiger partial charge in [0.25, 0.3) is 0 Å². The number of carbonyl (C=O) groups is 1. The van der Waals surface area contributed by atoms with Gasteiger partial charge in [0, 0.05) is 6.42 Å². The van der Waals surface area contributed by atoms with Crippen LogP contribution in [0, 0.1) is 27.7 Å². The molecule has 0 spiro atoms. The Morgan fingerprint density at radius 3 is 1.75 bits per heavy atom. The highest BCUT2D eigenvalue weighted by atomic mass is 16.4. The Labute approximate surface area is 166 Å². The van der Waals surface area contributed by atoms with Crippen molar-refractivity contribution in [1.82, 2.24) is 0 Å². The van der Waals surface area contributed by atoms with Crippen LogP contribution in [0.4, 0.5) is 0 Å². The molecule has 3 nitrogen and oxygen atoms in total. The van der Waals surface area contributed by atoms with Crippen LogP contribution in [0.1, 0.15) is 54.9 Å². The second-order valence-electron chi connectivity index (χ2n) is 7.65. The van der Waals surface area contributed by atoms with Crippen molar-refractivity contribution in [1.29, 1.82) is 0 Å². The number of rotatable bonds is 5. The summed E-state index contributed by atoms with van der Waals surface area (Å²) in [5, 5.41) is 20.1. The number of aromatic hydroxyl groups is 1. The quantitative estimate of drug-likeness (QED) is 0.619. The van der Waals surface area contributed by atoms with E-state index in [1.54, 1.807) is 6.07 Å². The van der Waals surface area contributed by atoms with Crippen LogP contribution in [-0.2, 0) is 12.8 Å². The first-order valence-corrected chi connectivity index (χ1v) is 9.45. The molecule has 3 heteroatoms. The second kappa shape index (κ2) is 7.89. The lowest BCUT2D eigenvalue weighted by atomic mass is 9.93. The second-order valence-corrected chi connectivity index (χ2v) is 7.65. The van der Waals surface area contributed by atoms with Crippen molar-refractivity contribution >= 4 is 5.97 Å². The van der Waals surface area contributed by atoms with Gasteiger partial charge in [-0.15, -0.1) is 0 Å². The molecule has 0 bridgehead atoms. The summed E-state index contributed by atoms with van der Waals surface area (Å²) in [4.78, 5) is 11.7. The minimum Gasteiger partial charge on any atom is -0.507 e. The van der Waals surface area contributed by atoms with E-state index in [1.165, 1.54) is 22.3 Å². The lowest BCUT2D eigenvalue weighted by Gasteiger charge is -2.13. The zero-order valence-electron chi connectivity index (χ0n) is 16.8. The summed E-state index contributed by atoms with van der Waals surface area (Å²) in [6, 6.07) is 16.0. The molecule has 3 aromatic carbocycles. The van der Waals surface area contributed by atoms with Gasteiger partial charge in [0.05, 0.1) is 0 Å². The fourth-order valence-corrected chi connectivity index (χ4v) is 3.44. The maximum Gasteiger partial charge on any atom is 0.339 e. The third kappa shape index (κ3) is 4.25. The number of carboxylic acids is 1. The summed E-state index contributed by atoms with van der Waals surface area (Å²) in [5.74, 6) is -1.25. The normalized spacial score (nSPS) is 10.9. The Morgan fingerprint density at radius 1 is 0.714 bits per heavy atom. The molecule has 0 unspecified atom stereocenters. The van der Waals surface area contributed by atoms with E-state index in [0.717, 1.165) is 16.7 Å². The molecule has 3 rings (SSSR count). The molecule has 0 aliphatic rings. The topological polar surface area (TPSA) is 57.5 Å². The molecule has 0 saturated carbocycles. The molecule has 0 heterocycles. The van der Waals surface area contributed by atoms with Crippen molar-refractivity contribution in [3.8, 4) is 5.75 Å². The minimum atomic E-state index is -1.11. The molecule has 0 aromatic heterocycles. The summed E-state index contributed by atoms with van der Waals surface area (Å²) in [6.45, 7) is 8.26. The fourth-order valence-electron chi connectivity index (χ4n) is 3.44. The molecule has 2 N–H and O–H groups in total. The van der Waals surface area contributed by atoms with Crippen LogP contribution in [0.3, 0.4) is 0 Å². The van der Waals surface area contributed by atoms with Crippen LogP contribution >= 0.6 is 0 Å². The number of aryl methyl sites for hydroxylation is 4. The van der Waals surface area contributed by atoms with Gasteiger partial charge >= 0.3 is 5.97 Å². The number of phenols is 1. The van der Waals surface area contributed by atoms with Crippen molar-refractivity contribution in [2.75, 3.05) is 0 Å². The monoisotopic (exact) mass is 374 g/mol. The van der Waals surface area contributed by atoms with E-state index in [0.29, 0.717) is 18.4 Å². The van der Waals surface area contributed by atoms with E-state index < -0.39 is 5.97 Å². The molecule has 0 amide bonds. The zero-order chi connectivity index (χ0) is 20.4. The van der Waals surface area contributed by atoms with Gasteiger partial charge in [0.2, 0.25) is 0 Å². The highest BCUT2D eigenvalue weighted by molar-refractivity contribution is 5.91. The average molecular weight is 374 g/mol. The van der Waals surface area contributed by atoms with Crippen LogP contribution in [-0.4, -0.2) is 16.2 Å². The fraction of sp³-hybridized carbons (Fsp3) is 0.240. The molecule has 0 aliphatic carbocycles. The first-order chi connectivity index (χ1) is 13.2. The minimum absolute atomic E-state index is 0.0415. The third-order valence-corrected chi connectivity index (χ3v) is 5.42. The smallest absolute Gasteiger partial charge is 0.339 e. The van der Waals surface area contributed by atoms with E-state index >= 15 is 0 Å². The number of aromatic carboxylic acids is 1. The lowest BCUT2D eigenvalue weighted by molar-refractivity contribution is 0.0693. The number of hydrogen-bond donors (Lipinski definition) is 2. The van der Waals surface area contributed by atoms with Gasteiger partial charge in [-0.3, -0.25) is 0 Å². The van der Waals surface area contributed by atoms with E-state index in [2.05, 4.69) is 58.0 Å². The molecule has 0 aliphatic heterocycles. The lowest BCUT2D eigenvalue weighted by Crippen LogP contribution is -2.03. The molecule has 0 radical (unpaired) electrons. The van der Waals surface area contributed by atoms with Gasteiger partial charge in [-0.05, 0) is 84.7 Å². The Hall–Kier alpha value is -3.07. The summed E-state index contributed by atoms with van der Waals surface area (Å²) in [6.07, 6.45) is 1.12. The van der Waals surface area contributed by atoms with Gasteiger partial charge in [0.1, 0.15) is 11.3 Å². The van der Waals surface area contributed by atoms with E-state index in [-0.39, 0.29) is 11.3 Å². The summed E-state index contributed by atoms with van der Waals surface area (Å²) in [7, 11) is 0. The highest BCUT2D eigenvalue weighted by Gasteiger charge is 2.16. The Kier molecular flexibility index (Phi) is 5.55. The Balaban J connectivity index is 2.00. The molecule has 28 heavy (non-hydrogen) atoms. The van der Waals surface area contributed by atoms with E-state index in [4.69, 9.17) is 0 Å². The molecule has 0 atom stereocenters. The third-order valence-electron chi connectivity index (χ3n) is 5.42. The SMILES string of the molecule is Cc1ccc(Cc2cc(Cc3ccc(C)c(C)c3)c(O)c(C(=O)O)c2)cc1C. The predicted molar refractivity (Wildman–Crippen MR) is 113 cm³/mol. The number of carboxylic acid groups (broad SMARTS) is 1. The molecular formula is C25H26O3. The first kappa shape index (κ1) is 19.7. The van der Waals surface area contributed by atoms with Gasteiger partial charge in [-0.25, -0.2) is 4.79 Å². The van der Waals surface area contributed by atoms with Crippen molar-refractivity contribution in [3.05, 3.63) is 98.6 Å². The van der Waals surface area contributed by atoms with Crippen molar-refractivity contribution in [3.63, 3.8) is 0 Å². The average Bonchev–Trinajstić information content (AvgIpc) is 2.63. The maximum atomic E-state index is 11.7. The van der Waals surface area contributed by atoms with Crippen molar-refractivity contribution < 1.29 is 15.0 Å². The van der Waals surface area contributed by atoms with Crippen molar-refractivity contribution in [2.45, 2.75) is 40.5 Å². The van der Waals surface area contributed by atoms with E-state index in [1.807, 2.05) is 12.1 Å². The first-order valence-electron chi connectivity index (χ1n) is 9.45. The Bertz CT molecular complexity index is 1050. The molecule has 3 aromatic rings.